The first-order valence-electron chi connectivity index (χ1n) is 19.0. The van der Waals surface area contributed by atoms with Gasteiger partial charge in [-0.25, -0.2) is 14.0 Å². The molecular formula is C40H71N9O. The first-order valence-corrected chi connectivity index (χ1v) is 19.0. The minimum Gasteiger partial charge on any atom is -0.373 e. The fourth-order valence-electron chi connectivity index (χ4n) is 7.57. The summed E-state index contributed by atoms with van der Waals surface area (Å²) >= 11 is 0. The van der Waals surface area contributed by atoms with Gasteiger partial charge in [0.2, 0.25) is 0 Å². The van der Waals surface area contributed by atoms with E-state index in [0.717, 1.165) is 30.8 Å². The van der Waals surface area contributed by atoms with E-state index in [1.165, 1.54) is 42.0 Å². The van der Waals surface area contributed by atoms with Gasteiger partial charge in [-0.3, -0.25) is 0 Å². The molecule has 3 atom stereocenters. The predicted octanol–water partition coefficient (Wildman–Crippen LogP) is 9.30. The van der Waals surface area contributed by atoms with Crippen molar-refractivity contribution in [2.24, 2.45) is 16.2 Å². The van der Waals surface area contributed by atoms with Crippen LogP contribution in [0.4, 0.5) is 0 Å². The van der Waals surface area contributed by atoms with E-state index in [9.17, 15) is 0 Å². The Hall–Kier alpha value is -2.62. The Labute approximate surface area is 303 Å². The lowest BCUT2D eigenvalue weighted by Crippen LogP contribution is -2.34. The SMILES string of the molecule is CC(C)(C)c1nnn2c1CCC2C(C)(C)C.CC(C)(C)c1nnn2c1CCCC2C(C)(C)C.CC(C)(C)c1nnn2c1COCC2C(C)(C)C. The third kappa shape index (κ3) is 8.70. The number of aromatic nitrogens is 9. The molecule has 3 aromatic rings. The Morgan fingerprint density at radius 1 is 0.460 bits per heavy atom. The van der Waals surface area contributed by atoms with E-state index in [1.807, 2.05) is 0 Å². The highest BCUT2D eigenvalue weighted by molar-refractivity contribution is 5.23. The number of hydrogen-bond donors (Lipinski definition) is 0. The maximum Gasteiger partial charge on any atom is 0.0936 e. The topological polar surface area (TPSA) is 101 Å². The van der Waals surface area contributed by atoms with Crippen LogP contribution >= 0.6 is 0 Å². The lowest BCUT2D eigenvalue weighted by Gasteiger charge is -2.35. The zero-order valence-corrected chi connectivity index (χ0v) is 35.1. The third-order valence-corrected chi connectivity index (χ3v) is 10.4. The summed E-state index contributed by atoms with van der Waals surface area (Å²) in [5, 5.41) is 26.4. The molecule has 0 N–H and O–H groups in total. The number of fused-ring (bicyclic) bond motifs is 3. The van der Waals surface area contributed by atoms with Crippen molar-refractivity contribution in [2.75, 3.05) is 6.61 Å². The van der Waals surface area contributed by atoms with Crippen LogP contribution in [0.1, 0.15) is 196 Å². The highest BCUT2D eigenvalue weighted by Crippen LogP contribution is 2.42. The van der Waals surface area contributed by atoms with Gasteiger partial charge in [0, 0.05) is 16.2 Å². The van der Waals surface area contributed by atoms with Gasteiger partial charge in [0.1, 0.15) is 0 Å². The molecule has 0 amide bonds. The second-order valence-corrected chi connectivity index (χ2v) is 21.3. The standard InChI is InChI=1S/C14H25N3.C13H23N3O.C13H23N3/c1-13(2,3)11-9-7-8-10-12(14(4,5)6)15-16-17(10)11;1-12(2,3)10-8-17-7-9-11(13(4,5)6)14-15-16(9)10;1-12(2,3)10-8-7-9-11(13(4,5)6)14-15-16(9)10/h11H,7-9H2,1-6H3;10H,7-8H2,1-6H3;10H,7-8H2,1-6H3. The molecule has 0 saturated heterocycles. The van der Waals surface area contributed by atoms with Crippen LogP contribution in [0.2, 0.25) is 0 Å². The molecule has 0 fully saturated rings. The molecule has 3 aliphatic rings. The second kappa shape index (κ2) is 13.7. The average Bonchev–Trinajstić information content (AvgIpc) is 3.72. The van der Waals surface area contributed by atoms with Crippen LogP contribution in [0.25, 0.3) is 0 Å². The van der Waals surface area contributed by atoms with E-state index in [-0.39, 0.29) is 38.5 Å². The van der Waals surface area contributed by atoms with Gasteiger partial charge in [0.15, 0.2) is 0 Å². The molecule has 0 aromatic carbocycles. The van der Waals surface area contributed by atoms with Crippen molar-refractivity contribution in [3.63, 3.8) is 0 Å². The largest absolute Gasteiger partial charge is 0.373 e. The normalized spacial score (nSPS) is 21.4. The lowest BCUT2D eigenvalue weighted by molar-refractivity contribution is 0.0105. The average molecular weight is 694 g/mol. The summed E-state index contributed by atoms with van der Waals surface area (Å²) in [6, 6.07) is 1.27. The first-order chi connectivity index (χ1) is 22.6. The van der Waals surface area contributed by atoms with Gasteiger partial charge in [-0.05, 0) is 48.3 Å². The molecule has 282 valence electrons. The van der Waals surface area contributed by atoms with Gasteiger partial charge < -0.3 is 4.74 Å². The van der Waals surface area contributed by atoms with E-state index in [4.69, 9.17) is 4.74 Å². The molecule has 50 heavy (non-hydrogen) atoms. The number of nitrogens with zero attached hydrogens (tertiary/aromatic N) is 9. The Morgan fingerprint density at radius 2 is 0.820 bits per heavy atom. The summed E-state index contributed by atoms with van der Waals surface area (Å²) in [6.07, 6.45) is 5.95. The number of hydrogen-bond acceptors (Lipinski definition) is 7. The maximum atomic E-state index is 5.73. The van der Waals surface area contributed by atoms with Crippen LogP contribution in [-0.4, -0.2) is 51.6 Å². The lowest BCUT2D eigenvalue weighted by atomic mass is 9.80. The van der Waals surface area contributed by atoms with Crippen molar-refractivity contribution >= 4 is 0 Å². The molecule has 6 rings (SSSR count). The molecular weight excluding hydrogens is 623 g/mol. The molecule has 3 unspecified atom stereocenters. The van der Waals surface area contributed by atoms with Gasteiger partial charge in [-0.1, -0.05) is 140 Å². The van der Waals surface area contributed by atoms with Crippen LogP contribution in [-0.2, 0) is 40.4 Å². The van der Waals surface area contributed by atoms with Gasteiger partial charge in [0.25, 0.3) is 0 Å². The fourth-order valence-corrected chi connectivity index (χ4v) is 7.57. The highest BCUT2D eigenvalue weighted by Gasteiger charge is 2.39. The van der Waals surface area contributed by atoms with Crippen LogP contribution in [0.5, 0.6) is 0 Å². The van der Waals surface area contributed by atoms with Gasteiger partial charge in [-0.15, -0.1) is 15.3 Å². The summed E-state index contributed by atoms with van der Waals surface area (Å²) in [4.78, 5) is 0. The molecule has 6 heterocycles. The van der Waals surface area contributed by atoms with Crippen molar-refractivity contribution in [1.29, 1.82) is 0 Å². The van der Waals surface area contributed by atoms with Crippen molar-refractivity contribution in [3.8, 4) is 0 Å². The molecule has 0 aliphatic carbocycles. The molecule has 3 aliphatic heterocycles. The number of rotatable bonds is 0. The Morgan fingerprint density at radius 3 is 1.22 bits per heavy atom. The predicted molar refractivity (Wildman–Crippen MR) is 203 cm³/mol. The minimum atomic E-state index is 0.0245. The van der Waals surface area contributed by atoms with Crippen LogP contribution < -0.4 is 0 Å². The molecule has 0 spiro atoms. The van der Waals surface area contributed by atoms with E-state index in [1.54, 1.807) is 0 Å². The van der Waals surface area contributed by atoms with Gasteiger partial charge >= 0.3 is 0 Å². The maximum absolute atomic E-state index is 5.73. The van der Waals surface area contributed by atoms with Crippen molar-refractivity contribution < 1.29 is 4.74 Å². The van der Waals surface area contributed by atoms with E-state index in [2.05, 4.69) is 170 Å². The third-order valence-electron chi connectivity index (χ3n) is 10.4. The molecule has 0 saturated carbocycles. The molecule has 10 heteroatoms. The first kappa shape index (κ1) is 40.2. The van der Waals surface area contributed by atoms with Gasteiger partial charge in [-0.2, -0.15) is 0 Å². The summed E-state index contributed by atoms with van der Waals surface area (Å²) in [6.45, 7) is 41.5. The number of ether oxygens (including phenoxy) is 1. The van der Waals surface area contributed by atoms with Crippen LogP contribution in [0.15, 0.2) is 0 Å². The Kier molecular flexibility index (Phi) is 11.0. The summed E-state index contributed by atoms with van der Waals surface area (Å²) in [7, 11) is 0. The molecule has 0 radical (unpaired) electrons. The summed E-state index contributed by atoms with van der Waals surface area (Å²) in [5.41, 5.74) is 8.20. The zero-order chi connectivity index (χ0) is 37.8. The van der Waals surface area contributed by atoms with Crippen molar-refractivity contribution in [1.82, 2.24) is 45.0 Å². The monoisotopic (exact) mass is 694 g/mol. The summed E-state index contributed by atoms with van der Waals surface area (Å²) < 4.78 is 12.2. The van der Waals surface area contributed by atoms with Crippen LogP contribution in [0, 0.1) is 16.2 Å². The smallest absolute Gasteiger partial charge is 0.0936 e. The van der Waals surface area contributed by atoms with E-state index >= 15 is 0 Å². The van der Waals surface area contributed by atoms with Gasteiger partial charge in [0.05, 0.1) is 65.5 Å². The Balaban J connectivity index is 0.000000169. The zero-order valence-electron chi connectivity index (χ0n) is 35.1. The van der Waals surface area contributed by atoms with E-state index in [0.29, 0.717) is 18.7 Å². The minimum absolute atomic E-state index is 0.0245. The quantitative estimate of drug-likeness (QED) is 0.231. The van der Waals surface area contributed by atoms with E-state index < -0.39 is 0 Å². The second-order valence-electron chi connectivity index (χ2n) is 21.3. The van der Waals surface area contributed by atoms with Crippen LogP contribution in [0.3, 0.4) is 0 Å². The fraction of sp³-hybridized carbons (Fsp3) is 0.850. The Bertz CT molecular complexity index is 1500. The molecule has 3 aromatic heterocycles. The van der Waals surface area contributed by atoms with Crippen molar-refractivity contribution in [2.45, 2.75) is 198 Å². The molecule has 10 nitrogen and oxygen atoms in total. The molecule has 0 bridgehead atoms. The highest BCUT2D eigenvalue weighted by atomic mass is 16.5. The summed E-state index contributed by atoms with van der Waals surface area (Å²) in [5.74, 6) is 0. The van der Waals surface area contributed by atoms with Crippen molar-refractivity contribution in [3.05, 3.63) is 34.2 Å².